The van der Waals surface area contributed by atoms with Crippen LogP contribution in [0.5, 0.6) is 5.75 Å². The van der Waals surface area contributed by atoms with Crippen LogP contribution in [-0.4, -0.2) is 47.3 Å². The molecule has 7 nitrogen and oxygen atoms in total. The highest BCUT2D eigenvalue weighted by atomic mass is 16.5. The molecule has 24 heavy (non-hydrogen) atoms. The third-order valence-corrected chi connectivity index (χ3v) is 3.91. The Labute approximate surface area is 140 Å². The number of aromatic nitrogens is 2. The fraction of sp³-hybridized carbons (Fsp3) is 0.471. The summed E-state index contributed by atoms with van der Waals surface area (Å²) in [7, 11) is 0. The minimum Gasteiger partial charge on any atom is -0.493 e. The Balaban J connectivity index is 1.57. The molecule has 2 aromatic rings. The molecule has 0 unspecified atom stereocenters. The van der Waals surface area contributed by atoms with Crippen LogP contribution in [0, 0.1) is 13.8 Å². The molecule has 0 spiro atoms. The molecular weight excluding hydrogens is 310 g/mol. The Morgan fingerprint density at radius 1 is 1.33 bits per heavy atom. The van der Waals surface area contributed by atoms with Gasteiger partial charge in [-0.2, -0.15) is 4.98 Å². The summed E-state index contributed by atoms with van der Waals surface area (Å²) < 4.78 is 15.9. The van der Waals surface area contributed by atoms with E-state index in [1.54, 1.807) is 4.90 Å². The lowest BCUT2D eigenvalue weighted by molar-refractivity contribution is -0.141. The molecule has 0 aliphatic carbocycles. The molecule has 1 atom stereocenters. The smallest absolute Gasteiger partial charge is 0.226 e. The highest BCUT2D eigenvalue weighted by Crippen LogP contribution is 2.22. The topological polar surface area (TPSA) is 77.7 Å². The van der Waals surface area contributed by atoms with Crippen molar-refractivity contribution in [3.05, 3.63) is 41.5 Å². The summed E-state index contributed by atoms with van der Waals surface area (Å²) >= 11 is 0. The van der Waals surface area contributed by atoms with E-state index >= 15 is 0 Å². The fourth-order valence-corrected chi connectivity index (χ4v) is 2.86. The maximum atomic E-state index is 12.5. The Kier molecular flexibility index (Phi) is 5.10. The predicted molar refractivity (Wildman–Crippen MR) is 85.6 cm³/mol. The van der Waals surface area contributed by atoms with E-state index in [9.17, 15) is 4.79 Å². The molecule has 0 N–H and O–H groups in total. The molecular formula is C17H21N3O4. The lowest BCUT2D eigenvalue weighted by Crippen LogP contribution is -2.44. The molecule has 1 aromatic heterocycles. The molecule has 1 aliphatic rings. The molecule has 0 saturated carbocycles. The Morgan fingerprint density at radius 2 is 2.12 bits per heavy atom. The van der Waals surface area contributed by atoms with Crippen LogP contribution in [0.25, 0.3) is 0 Å². The first kappa shape index (κ1) is 16.4. The van der Waals surface area contributed by atoms with Crippen molar-refractivity contribution in [2.75, 3.05) is 26.4 Å². The summed E-state index contributed by atoms with van der Waals surface area (Å²) in [6, 6.07) is 5.72. The van der Waals surface area contributed by atoms with Gasteiger partial charge in [0.2, 0.25) is 12.3 Å². The van der Waals surface area contributed by atoms with Crippen LogP contribution in [0.15, 0.2) is 29.1 Å². The second-order valence-corrected chi connectivity index (χ2v) is 5.89. The van der Waals surface area contributed by atoms with Gasteiger partial charge in [-0.25, -0.2) is 0 Å². The van der Waals surface area contributed by atoms with Crippen LogP contribution in [0.2, 0.25) is 0 Å². The fourth-order valence-electron chi connectivity index (χ4n) is 2.86. The molecule has 1 amide bonds. The van der Waals surface area contributed by atoms with Crippen LogP contribution in [0.1, 0.15) is 29.4 Å². The summed E-state index contributed by atoms with van der Waals surface area (Å²) in [6.07, 6.45) is 1.55. The van der Waals surface area contributed by atoms with Gasteiger partial charge in [-0.3, -0.25) is 4.79 Å². The van der Waals surface area contributed by atoms with Crippen LogP contribution in [0.3, 0.4) is 0 Å². The first-order valence-electron chi connectivity index (χ1n) is 7.98. The molecule has 1 aromatic carbocycles. The number of aryl methyl sites for hydroxylation is 2. The summed E-state index contributed by atoms with van der Waals surface area (Å²) in [6.45, 7) is 5.78. The van der Waals surface area contributed by atoms with Crippen LogP contribution < -0.4 is 4.74 Å². The van der Waals surface area contributed by atoms with Crippen LogP contribution >= 0.6 is 0 Å². The van der Waals surface area contributed by atoms with E-state index in [4.69, 9.17) is 14.0 Å². The van der Waals surface area contributed by atoms with Gasteiger partial charge >= 0.3 is 0 Å². The number of amides is 1. The average Bonchev–Trinajstić information content (AvgIpc) is 3.08. The van der Waals surface area contributed by atoms with E-state index in [-0.39, 0.29) is 11.9 Å². The first-order chi connectivity index (χ1) is 11.6. The highest BCUT2D eigenvalue weighted by Gasteiger charge is 2.31. The molecule has 1 aliphatic heterocycles. The first-order valence-corrected chi connectivity index (χ1v) is 7.98. The van der Waals surface area contributed by atoms with E-state index in [1.165, 1.54) is 6.39 Å². The van der Waals surface area contributed by atoms with Gasteiger partial charge in [0, 0.05) is 6.54 Å². The molecule has 3 rings (SSSR count). The van der Waals surface area contributed by atoms with Crippen molar-refractivity contribution in [2.45, 2.75) is 26.3 Å². The van der Waals surface area contributed by atoms with Gasteiger partial charge in [-0.1, -0.05) is 11.2 Å². The molecule has 128 valence electrons. The quantitative estimate of drug-likeness (QED) is 0.834. The zero-order chi connectivity index (χ0) is 16.9. The van der Waals surface area contributed by atoms with Crippen molar-refractivity contribution in [3.8, 4) is 5.75 Å². The summed E-state index contributed by atoms with van der Waals surface area (Å²) in [5.74, 6) is 1.26. The maximum Gasteiger partial charge on any atom is 0.226 e. The third kappa shape index (κ3) is 3.91. The van der Waals surface area contributed by atoms with Gasteiger partial charge in [0.1, 0.15) is 11.8 Å². The van der Waals surface area contributed by atoms with E-state index < -0.39 is 0 Å². The predicted octanol–water partition coefficient (Wildman–Crippen LogP) is 2.06. The highest BCUT2D eigenvalue weighted by molar-refractivity contribution is 5.76. The Bertz CT molecular complexity index is 667. The molecule has 0 radical (unpaired) electrons. The summed E-state index contributed by atoms with van der Waals surface area (Å²) in [5, 5.41) is 3.83. The monoisotopic (exact) mass is 331 g/mol. The molecule has 1 saturated heterocycles. The lowest BCUT2D eigenvalue weighted by atomic mass is 10.1. The van der Waals surface area contributed by atoms with Crippen molar-refractivity contribution in [2.24, 2.45) is 0 Å². The number of carbonyl (C=O) groups excluding carboxylic acids is 1. The average molecular weight is 331 g/mol. The van der Waals surface area contributed by atoms with E-state index in [1.807, 2.05) is 26.0 Å². The number of morpholine rings is 1. The SMILES string of the molecule is Cc1cc(C)cc(OCCC(=O)N2CCOC[C@H]2c2ncon2)c1. The van der Waals surface area contributed by atoms with E-state index in [0.29, 0.717) is 38.6 Å². The van der Waals surface area contributed by atoms with Gasteiger partial charge in [-0.15, -0.1) is 0 Å². The van der Waals surface area contributed by atoms with Crippen molar-refractivity contribution in [3.63, 3.8) is 0 Å². The van der Waals surface area contributed by atoms with Gasteiger partial charge in [0.05, 0.1) is 26.2 Å². The second-order valence-electron chi connectivity index (χ2n) is 5.89. The van der Waals surface area contributed by atoms with Gasteiger partial charge in [0.15, 0.2) is 5.82 Å². The Hall–Kier alpha value is -2.41. The number of hydrogen-bond acceptors (Lipinski definition) is 6. The molecule has 1 fully saturated rings. The lowest BCUT2D eigenvalue weighted by Gasteiger charge is -2.33. The minimum atomic E-state index is -0.300. The van der Waals surface area contributed by atoms with E-state index in [0.717, 1.165) is 16.9 Å². The zero-order valence-electron chi connectivity index (χ0n) is 13.9. The van der Waals surface area contributed by atoms with Crippen molar-refractivity contribution >= 4 is 5.91 Å². The van der Waals surface area contributed by atoms with Crippen LogP contribution in [-0.2, 0) is 9.53 Å². The molecule has 2 heterocycles. The minimum absolute atomic E-state index is 0.00234. The zero-order valence-corrected chi connectivity index (χ0v) is 13.9. The summed E-state index contributed by atoms with van der Waals surface area (Å²) in [4.78, 5) is 18.3. The third-order valence-electron chi connectivity index (χ3n) is 3.91. The number of benzene rings is 1. The van der Waals surface area contributed by atoms with Crippen LogP contribution in [0.4, 0.5) is 0 Å². The van der Waals surface area contributed by atoms with Crippen molar-refractivity contribution in [1.82, 2.24) is 15.0 Å². The van der Waals surface area contributed by atoms with Crippen molar-refractivity contribution in [1.29, 1.82) is 0 Å². The van der Waals surface area contributed by atoms with Gasteiger partial charge < -0.3 is 18.9 Å². The van der Waals surface area contributed by atoms with E-state index in [2.05, 4.69) is 16.2 Å². The molecule has 7 heteroatoms. The van der Waals surface area contributed by atoms with Gasteiger partial charge in [-0.05, 0) is 37.1 Å². The second kappa shape index (κ2) is 7.44. The standard InChI is InChI=1S/C17H21N3O4/c1-12-7-13(2)9-14(8-12)23-5-3-16(21)20-4-6-22-10-15(20)17-18-11-24-19-17/h7-9,11,15H,3-6,10H2,1-2H3/t15-/m0/s1. The number of carbonyl (C=O) groups is 1. The normalized spacial score (nSPS) is 17.8. The van der Waals surface area contributed by atoms with Gasteiger partial charge in [0.25, 0.3) is 0 Å². The maximum absolute atomic E-state index is 12.5. The number of rotatable bonds is 5. The van der Waals surface area contributed by atoms with Crippen molar-refractivity contribution < 1.29 is 18.8 Å². The number of nitrogens with zero attached hydrogens (tertiary/aromatic N) is 3. The largest absolute Gasteiger partial charge is 0.493 e. The summed E-state index contributed by atoms with van der Waals surface area (Å²) in [5.41, 5.74) is 2.28. The Morgan fingerprint density at radius 3 is 2.83 bits per heavy atom. The number of ether oxygens (including phenoxy) is 2. The number of hydrogen-bond donors (Lipinski definition) is 0. The molecule has 0 bridgehead atoms.